The van der Waals surface area contributed by atoms with Gasteiger partial charge in [-0.1, -0.05) is 0 Å². The van der Waals surface area contributed by atoms with Crippen molar-refractivity contribution in [3.63, 3.8) is 0 Å². The van der Waals surface area contributed by atoms with Crippen molar-refractivity contribution in [3.8, 4) is 5.75 Å². The van der Waals surface area contributed by atoms with Crippen molar-refractivity contribution in [2.75, 3.05) is 7.11 Å². The molecule has 18 heavy (non-hydrogen) atoms. The summed E-state index contributed by atoms with van der Waals surface area (Å²) in [6.07, 6.45) is 0. The number of aliphatic carboxylic acids is 1. The minimum atomic E-state index is -1.01. The predicted octanol–water partition coefficient (Wildman–Crippen LogP) is 2.56. The zero-order valence-corrected chi connectivity index (χ0v) is 11.0. The van der Waals surface area contributed by atoms with Crippen LogP contribution in [0.5, 0.6) is 5.75 Å². The zero-order chi connectivity index (χ0) is 13.9. The lowest BCUT2D eigenvalue weighted by atomic mass is 10.2. The van der Waals surface area contributed by atoms with Gasteiger partial charge in [-0.25, -0.2) is 0 Å². The second-order valence-electron chi connectivity index (χ2n) is 4.01. The number of ether oxygens (including phenoxy) is 1. The number of carboxylic acid groups (broad SMARTS) is 1. The molecular formula is C11H13NO5S. The van der Waals surface area contributed by atoms with E-state index in [2.05, 4.69) is 0 Å². The summed E-state index contributed by atoms with van der Waals surface area (Å²) in [6, 6.07) is 4.28. The highest BCUT2D eigenvalue weighted by Gasteiger charge is 2.29. The van der Waals surface area contributed by atoms with Gasteiger partial charge in [-0.3, -0.25) is 14.9 Å². The summed E-state index contributed by atoms with van der Waals surface area (Å²) in [4.78, 5) is 21.8. The summed E-state index contributed by atoms with van der Waals surface area (Å²) in [7, 11) is 1.33. The van der Waals surface area contributed by atoms with Crippen LogP contribution in [0.15, 0.2) is 23.1 Å². The van der Waals surface area contributed by atoms with Crippen molar-refractivity contribution < 1.29 is 19.6 Å². The van der Waals surface area contributed by atoms with Crippen LogP contribution < -0.4 is 4.74 Å². The molecule has 0 spiro atoms. The average Bonchev–Trinajstić information content (AvgIpc) is 2.27. The van der Waals surface area contributed by atoms with Crippen molar-refractivity contribution in [3.05, 3.63) is 28.3 Å². The molecule has 1 rings (SSSR count). The summed E-state index contributed by atoms with van der Waals surface area (Å²) in [5, 5.41) is 19.7. The molecule has 0 amide bonds. The van der Waals surface area contributed by atoms with Crippen molar-refractivity contribution in [1.29, 1.82) is 0 Å². The van der Waals surface area contributed by atoms with Gasteiger partial charge in [0.1, 0.15) is 4.75 Å². The highest BCUT2D eigenvalue weighted by atomic mass is 32.2. The van der Waals surface area contributed by atoms with Crippen molar-refractivity contribution in [2.24, 2.45) is 0 Å². The van der Waals surface area contributed by atoms with Gasteiger partial charge in [0.15, 0.2) is 5.75 Å². The first kappa shape index (κ1) is 14.3. The SMILES string of the molecule is COc1cc(SC(C)(C)C(=O)O)ccc1[N+](=O)[O-]. The Hall–Kier alpha value is -1.76. The molecule has 1 aromatic rings. The fraction of sp³-hybridized carbons (Fsp3) is 0.364. The topological polar surface area (TPSA) is 89.7 Å². The predicted molar refractivity (Wildman–Crippen MR) is 67.2 cm³/mol. The van der Waals surface area contributed by atoms with Gasteiger partial charge < -0.3 is 9.84 Å². The van der Waals surface area contributed by atoms with E-state index in [4.69, 9.17) is 9.84 Å². The van der Waals surface area contributed by atoms with Gasteiger partial charge in [0.05, 0.1) is 12.0 Å². The fourth-order valence-corrected chi connectivity index (χ4v) is 2.19. The minimum absolute atomic E-state index is 0.117. The van der Waals surface area contributed by atoms with Gasteiger partial charge in [-0.05, 0) is 19.9 Å². The Labute approximate surface area is 108 Å². The molecule has 0 bridgehead atoms. The molecule has 0 saturated carbocycles. The van der Waals surface area contributed by atoms with Gasteiger partial charge >= 0.3 is 11.7 Å². The molecule has 0 aliphatic rings. The van der Waals surface area contributed by atoms with E-state index >= 15 is 0 Å². The van der Waals surface area contributed by atoms with E-state index < -0.39 is 15.6 Å². The third-order valence-corrected chi connectivity index (χ3v) is 3.41. The number of rotatable bonds is 5. The molecule has 0 unspecified atom stereocenters. The number of thioether (sulfide) groups is 1. The number of nitrogens with zero attached hydrogens (tertiary/aromatic N) is 1. The Bertz CT molecular complexity index is 486. The molecule has 0 saturated heterocycles. The number of carbonyl (C=O) groups is 1. The lowest BCUT2D eigenvalue weighted by molar-refractivity contribution is -0.385. The maximum absolute atomic E-state index is 11.0. The highest BCUT2D eigenvalue weighted by molar-refractivity contribution is 8.01. The molecule has 0 atom stereocenters. The number of benzene rings is 1. The molecule has 0 radical (unpaired) electrons. The lowest BCUT2D eigenvalue weighted by Crippen LogP contribution is -2.26. The van der Waals surface area contributed by atoms with Gasteiger partial charge in [0, 0.05) is 17.0 Å². The number of hydrogen-bond acceptors (Lipinski definition) is 5. The monoisotopic (exact) mass is 271 g/mol. The quantitative estimate of drug-likeness (QED) is 0.503. The maximum atomic E-state index is 11.0. The molecule has 0 aromatic heterocycles. The second kappa shape index (κ2) is 5.26. The smallest absolute Gasteiger partial charge is 0.319 e. The van der Waals surface area contributed by atoms with Gasteiger partial charge in [-0.15, -0.1) is 11.8 Å². The van der Waals surface area contributed by atoms with E-state index in [1.807, 2.05) is 0 Å². The summed E-state index contributed by atoms with van der Waals surface area (Å²) >= 11 is 1.10. The second-order valence-corrected chi connectivity index (χ2v) is 5.70. The Kier molecular flexibility index (Phi) is 4.18. The Balaban J connectivity index is 3.07. The van der Waals surface area contributed by atoms with Crippen LogP contribution in [0.4, 0.5) is 5.69 Å². The van der Waals surface area contributed by atoms with Gasteiger partial charge in [-0.2, -0.15) is 0 Å². The van der Waals surface area contributed by atoms with Gasteiger partial charge in [0.2, 0.25) is 0 Å². The normalized spacial score (nSPS) is 11.1. The number of nitro benzene ring substituents is 1. The van der Waals surface area contributed by atoms with Crippen molar-refractivity contribution >= 4 is 23.4 Å². The largest absolute Gasteiger partial charge is 0.490 e. The number of nitro groups is 1. The van der Waals surface area contributed by atoms with Crippen molar-refractivity contribution in [1.82, 2.24) is 0 Å². The third-order valence-electron chi connectivity index (χ3n) is 2.24. The molecule has 1 aromatic carbocycles. The summed E-state index contributed by atoms with van der Waals surface area (Å²) in [5.74, 6) is -0.837. The zero-order valence-electron chi connectivity index (χ0n) is 10.2. The standard InChI is InChI=1S/C11H13NO5S/c1-11(2,10(13)14)18-7-4-5-8(12(15)16)9(6-7)17-3/h4-6H,1-3H3,(H,13,14). The van der Waals surface area contributed by atoms with Crippen molar-refractivity contribution in [2.45, 2.75) is 23.5 Å². The molecule has 0 heterocycles. The molecular weight excluding hydrogens is 258 g/mol. The minimum Gasteiger partial charge on any atom is -0.490 e. The molecule has 98 valence electrons. The van der Waals surface area contributed by atoms with E-state index in [-0.39, 0.29) is 11.4 Å². The van der Waals surface area contributed by atoms with Crippen LogP contribution >= 0.6 is 11.8 Å². The first-order valence-electron chi connectivity index (χ1n) is 5.03. The Morgan fingerprint density at radius 2 is 2.11 bits per heavy atom. The number of hydrogen-bond donors (Lipinski definition) is 1. The number of methoxy groups -OCH3 is 1. The van der Waals surface area contributed by atoms with Crippen LogP contribution in [0.1, 0.15) is 13.8 Å². The lowest BCUT2D eigenvalue weighted by Gasteiger charge is -2.18. The van der Waals surface area contributed by atoms with E-state index in [1.54, 1.807) is 13.8 Å². The highest BCUT2D eigenvalue weighted by Crippen LogP contribution is 2.37. The Morgan fingerprint density at radius 3 is 2.56 bits per heavy atom. The van der Waals surface area contributed by atoms with Crippen LogP contribution in [0.3, 0.4) is 0 Å². The molecule has 1 N–H and O–H groups in total. The Morgan fingerprint density at radius 1 is 1.50 bits per heavy atom. The summed E-state index contributed by atoms with van der Waals surface area (Å²) < 4.78 is 3.91. The maximum Gasteiger partial charge on any atom is 0.319 e. The van der Waals surface area contributed by atoms with Crippen LogP contribution in [-0.4, -0.2) is 27.9 Å². The molecule has 0 aliphatic carbocycles. The van der Waals surface area contributed by atoms with E-state index in [1.165, 1.54) is 25.3 Å². The first-order chi connectivity index (χ1) is 8.27. The summed E-state index contributed by atoms with van der Waals surface area (Å²) in [6.45, 7) is 3.13. The van der Waals surface area contributed by atoms with E-state index in [9.17, 15) is 14.9 Å². The first-order valence-corrected chi connectivity index (χ1v) is 5.84. The molecule has 6 nitrogen and oxygen atoms in total. The van der Waals surface area contributed by atoms with Crippen LogP contribution in [0.25, 0.3) is 0 Å². The molecule has 0 aliphatic heterocycles. The molecule has 7 heteroatoms. The van der Waals surface area contributed by atoms with Crippen LogP contribution in [-0.2, 0) is 4.79 Å². The third kappa shape index (κ3) is 3.13. The molecule has 0 fully saturated rings. The van der Waals surface area contributed by atoms with E-state index in [0.29, 0.717) is 4.90 Å². The van der Waals surface area contributed by atoms with Gasteiger partial charge in [0.25, 0.3) is 0 Å². The average molecular weight is 271 g/mol. The number of carboxylic acids is 1. The van der Waals surface area contributed by atoms with Crippen LogP contribution in [0, 0.1) is 10.1 Å². The summed E-state index contributed by atoms with van der Waals surface area (Å²) in [5.41, 5.74) is -0.144. The fourth-order valence-electron chi connectivity index (χ4n) is 1.21. The van der Waals surface area contributed by atoms with Crippen LogP contribution in [0.2, 0.25) is 0 Å². The van der Waals surface area contributed by atoms with E-state index in [0.717, 1.165) is 11.8 Å².